The number of hydrogen-bond donors (Lipinski definition) is 2. The minimum Gasteiger partial charge on any atom is -0.504 e. The lowest BCUT2D eigenvalue weighted by atomic mass is 10.1. The maximum absolute atomic E-state index is 11.9. The lowest BCUT2D eigenvalue weighted by Crippen LogP contribution is -2.27. The standard InChI is InChI=1S/C6H6F3NO2/c7-6(8,9)5(10)3-1-12-2-4(3)11/h1-2,5,11H,10H2/t5-/m0/s1. The summed E-state index contributed by atoms with van der Waals surface area (Å²) < 4.78 is 40.1. The molecule has 0 radical (unpaired) electrons. The zero-order valence-corrected chi connectivity index (χ0v) is 5.80. The zero-order valence-electron chi connectivity index (χ0n) is 5.80. The molecule has 0 aliphatic carbocycles. The fourth-order valence-corrected chi connectivity index (χ4v) is 0.709. The predicted molar refractivity (Wildman–Crippen MR) is 33.4 cm³/mol. The summed E-state index contributed by atoms with van der Waals surface area (Å²) in [5.41, 5.74) is 4.32. The Balaban J connectivity index is 2.92. The molecule has 0 spiro atoms. The third-order valence-electron chi connectivity index (χ3n) is 1.36. The van der Waals surface area contributed by atoms with Crippen LogP contribution in [0.25, 0.3) is 0 Å². The van der Waals surface area contributed by atoms with E-state index in [2.05, 4.69) is 4.42 Å². The largest absolute Gasteiger partial charge is 0.504 e. The monoisotopic (exact) mass is 181 g/mol. The topological polar surface area (TPSA) is 59.4 Å². The van der Waals surface area contributed by atoms with Crippen molar-refractivity contribution >= 4 is 0 Å². The number of hydrogen-bond acceptors (Lipinski definition) is 3. The van der Waals surface area contributed by atoms with E-state index in [1.54, 1.807) is 0 Å². The number of aromatic hydroxyl groups is 1. The molecule has 0 fully saturated rings. The van der Waals surface area contributed by atoms with Gasteiger partial charge < -0.3 is 15.3 Å². The Morgan fingerprint density at radius 2 is 2.00 bits per heavy atom. The summed E-state index contributed by atoms with van der Waals surface area (Å²) in [6.45, 7) is 0. The molecule has 1 aromatic heterocycles. The molecule has 0 aliphatic heterocycles. The van der Waals surface area contributed by atoms with E-state index < -0.39 is 23.5 Å². The number of alkyl halides is 3. The second-order valence-electron chi connectivity index (χ2n) is 2.23. The van der Waals surface area contributed by atoms with Crippen LogP contribution >= 0.6 is 0 Å². The summed E-state index contributed by atoms with van der Waals surface area (Å²) in [6.07, 6.45) is -3.00. The van der Waals surface area contributed by atoms with Gasteiger partial charge in [0.15, 0.2) is 5.75 Å². The summed E-state index contributed by atoms with van der Waals surface area (Å²) in [5.74, 6) is -0.583. The smallest absolute Gasteiger partial charge is 0.407 e. The van der Waals surface area contributed by atoms with Crippen molar-refractivity contribution in [2.75, 3.05) is 0 Å². The second kappa shape index (κ2) is 2.71. The minimum absolute atomic E-state index is 0.456. The van der Waals surface area contributed by atoms with Crippen molar-refractivity contribution in [3.63, 3.8) is 0 Å². The molecule has 1 atom stereocenters. The summed E-state index contributed by atoms with van der Waals surface area (Å²) in [7, 11) is 0. The molecule has 1 rings (SSSR count). The minimum atomic E-state index is -4.57. The SMILES string of the molecule is N[C@@H](c1cocc1O)C(F)(F)F. The third-order valence-corrected chi connectivity index (χ3v) is 1.36. The highest BCUT2D eigenvalue weighted by molar-refractivity contribution is 5.30. The lowest BCUT2D eigenvalue weighted by molar-refractivity contribution is -0.149. The molecule has 1 heterocycles. The van der Waals surface area contributed by atoms with E-state index in [0.717, 1.165) is 12.5 Å². The van der Waals surface area contributed by atoms with Crippen LogP contribution in [-0.2, 0) is 0 Å². The van der Waals surface area contributed by atoms with Gasteiger partial charge in [0.25, 0.3) is 0 Å². The average Bonchev–Trinajstić information content (AvgIpc) is 2.31. The molecular weight excluding hydrogens is 175 g/mol. The summed E-state index contributed by atoms with van der Waals surface area (Å²) in [5, 5.41) is 8.81. The predicted octanol–water partition coefficient (Wildman–Crippen LogP) is 1.55. The molecular formula is C6H6F3NO2. The Bertz CT molecular complexity index is 268. The van der Waals surface area contributed by atoms with Crippen LogP contribution in [0.5, 0.6) is 5.75 Å². The molecule has 68 valence electrons. The van der Waals surface area contributed by atoms with Crippen molar-refractivity contribution in [3.8, 4) is 5.75 Å². The highest BCUT2D eigenvalue weighted by atomic mass is 19.4. The van der Waals surface area contributed by atoms with Crippen LogP contribution in [0.1, 0.15) is 11.6 Å². The van der Waals surface area contributed by atoms with Gasteiger partial charge >= 0.3 is 6.18 Å². The van der Waals surface area contributed by atoms with Gasteiger partial charge in [-0.3, -0.25) is 0 Å². The van der Waals surface area contributed by atoms with Crippen LogP contribution in [0, 0.1) is 0 Å². The first-order chi connectivity index (χ1) is 5.43. The molecule has 12 heavy (non-hydrogen) atoms. The number of halogens is 3. The van der Waals surface area contributed by atoms with E-state index in [4.69, 9.17) is 10.8 Å². The Hall–Kier alpha value is -1.17. The van der Waals surface area contributed by atoms with Gasteiger partial charge in [-0.05, 0) is 0 Å². The van der Waals surface area contributed by atoms with Crippen molar-refractivity contribution in [3.05, 3.63) is 18.1 Å². The van der Waals surface area contributed by atoms with E-state index >= 15 is 0 Å². The Morgan fingerprint density at radius 3 is 2.33 bits per heavy atom. The summed E-state index contributed by atoms with van der Waals surface area (Å²) >= 11 is 0. The molecule has 3 N–H and O–H groups in total. The fraction of sp³-hybridized carbons (Fsp3) is 0.333. The zero-order chi connectivity index (χ0) is 9.35. The Labute approximate surface area is 65.6 Å². The van der Waals surface area contributed by atoms with Gasteiger partial charge in [-0.2, -0.15) is 13.2 Å². The highest BCUT2D eigenvalue weighted by Crippen LogP contribution is 2.35. The molecule has 0 amide bonds. The molecule has 0 aliphatic rings. The van der Waals surface area contributed by atoms with E-state index in [1.165, 1.54) is 0 Å². The first-order valence-corrected chi connectivity index (χ1v) is 3.00. The van der Waals surface area contributed by atoms with E-state index in [0.29, 0.717) is 0 Å². The Kier molecular flexibility index (Phi) is 2.01. The van der Waals surface area contributed by atoms with E-state index in [1.807, 2.05) is 0 Å². The van der Waals surface area contributed by atoms with Crippen LogP contribution in [-0.4, -0.2) is 11.3 Å². The van der Waals surface area contributed by atoms with Gasteiger partial charge in [0.05, 0.1) is 11.8 Å². The van der Waals surface area contributed by atoms with Gasteiger partial charge in [-0.15, -0.1) is 0 Å². The summed E-state index contributed by atoms with van der Waals surface area (Å²) in [6, 6.07) is -2.20. The molecule has 0 saturated carbocycles. The van der Waals surface area contributed by atoms with Crippen LogP contribution < -0.4 is 5.73 Å². The first kappa shape index (κ1) is 8.92. The first-order valence-electron chi connectivity index (χ1n) is 3.00. The Morgan fingerprint density at radius 1 is 1.42 bits per heavy atom. The average molecular weight is 181 g/mol. The summed E-state index contributed by atoms with van der Waals surface area (Å²) in [4.78, 5) is 0. The van der Waals surface area contributed by atoms with Crippen LogP contribution in [0.2, 0.25) is 0 Å². The van der Waals surface area contributed by atoms with Gasteiger partial charge in [0.1, 0.15) is 12.3 Å². The highest BCUT2D eigenvalue weighted by Gasteiger charge is 2.39. The number of rotatable bonds is 1. The fourth-order valence-electron chi connectivity index (χ4n) is 0.709. The van der Waals surface area contributed by atoms with Gasteiger partial charge in [0.2, 0.25) is 0 Å². The van der Waals surface area contributed by atoms with Gasteiger partial charge in [-0.1, -0.05) is 0 Å². The quantitative estimate of drug-likeness (QED) is 0.690. The molecule has 0 bridgehead atoms. The molecule has 0 unspecified atom stereocenters. The third kappa shape index (κ3) is 1.53. The van der Waals surface area contributed by atoms with Crippen LogP contribution in [0.15, 0.2) is 16.9 Å². The molecule has 6 heteroatoms. The second-order valence-corrected chi connectivity index (χ2v) is 2.23. The molecule has 1 aromatic rings. The van der Waals surface area contributed by atoms with Crippen molar-refractivity contribution in [1.29, 1.82) is 0 Å². The van der Waals surface area contributed by atoms with Crippen LogP contribution in [0.3, 0.4) is 0 Å². The van der Waals surface area contributed by atoms with Gasteiger partial charge in [0, 0.05) is 0 Å². The number of furan rings is 1. The molecule has 0 aromatic carbocycles. The van der Waals surface area contributed by atoms with Gasteiger partial charge in [-0.25, -0.2) is 0 Å². The van der Waals surface area contributed by atoms with Crippen LogP contribution in [0.4, 0.5) is 13.2 Å². The lowest BCUT2D eigenvalue weighted by Gasteiger charge is -2.13. The van der Waals surface area contributed by atoms with Crippen molar-refractivity contribution < 1.29 is 22.7 Å². The maximum atomic E-state index is 11.9. The molecule has 3 nitrogen and oxygen atoms in total. The normalized spacial score (nSPS) is 14.7. The maximum Gasteiger partial charge on any atom is 0.407 e. The van der Waals surface area contributed by atoms with E-state index in [-0.39, 0.29) is 0 Å². The van der Waals surface area contributed by atoms with Crippen molar-refractivity contribution in [1.82, 2.24) is 0 Å². The molecule has 0 saturated heterocycles. The van der Waals surface area contributed by atoms with Crippen molar-refractivity contribution in [2.45, 2.75) is 12.2 Å². The van der Waals surface area contributed by atoms with E-state index in [9.17, 15) is 13.2 Å². The van der Waals surface area contributed by atoms with Crippen molar-refractivity contribution in [2.24, 2.45) is 5.73 Å². The number of nitrogens with two attached hydrogens (primary N) is 1.